The summed E-state index contributed by atoms with van der Waals surface area (Å²) in [4.78, 5) is 20.5. The second kappa shape index (κ2) is 13.4. The molecule has 92 valence electrons. The largest absolute Gasteiger partial charge is 0.376 e. The minimum absolute atomic E-state index is 0.0801. The molecule has 0 aromatic carbocycles. The van der Waals surface area contributed by atoms with Crippen LogP contribution in [0.2, 0.25) is 0 Å². The number of aliphatic hydroxyl groups excluding tert-OH is 1. The highest BCUT2D eigenvalue weighted by Gasteiger charge is 1.88. The van der Waals surface area contributed by atoms with E-state index in [4.69, 9.17) is 5.11 Å². The standard InChI is InChI=1S/C7H13NO.C4H7NO2/c1-3-5-6-8-7(9)4-2;1-2-4(7)5-3-6/h4H,2-3,5-6H2,1H3,(H,8,9);2,6H,1,3H2,(H,5,7). The summed E-state index contributed by atoms with van der Waals surface area (Å²) in [5.74, 6) is -0.439. The molecule has 2 amide bonds. The Morgan fingerprint density at radius 1 is 1.19 bits per heavy atom. The molecule has 0 heterocycles. The van der Waals surface area contributed by atoms with Gasteiger partial charge in [-0.15, -0.1) is 0 Å². The lowest BCUT2D eigenvalue weighted by molar-refractivity contribution is -0.118. The highest BCUT2D eigenvalue weighted by atomic mass is 16.3. The minimum atomic E-state index is -0.359. The van der Waals surface area contributed by atoms with Crippen molar-refractivity contribution in [3.63, 3.8) is 0 Å². The first-order valence-electron chi connectivity index (χ1n) is 5.03. The molecule has 0 spiro atoms. The lowest BCUT2D eigenvalue weighted by atomic mass is 10.3. The molecule has 0 aromatic heterocycles. The smallest absolute Gasteiger partial charge is 0.245 e. The first-order chi connectivity index (χ1) is 7.62. The zero-order chi connectivity index (χ0) is 12.8. The Bertz CT molecular complexity index is 227. The molecular weight excluding hydrogens is 208 g/mol. The molecule has 16 heavy (non-hydrogen) atoms. The molecule has 0 atom stereocenters. The fraction of sp³-hybridized carbons (Fsp3) is 0.455. The van der Waals surface area contributed by atoms with E-state index in [1.807, 2.05) is 0 Å². The van der Waals surface area contributed by atoms with Crippen LogP contribution in [0.5, 0.6) is 0 Å². The Labute approximate surface area is 96.2 Å². The van der Waals surface area contributed by atoms with E-state index in [0.717, 1.165) is 25.5 Å². The van der Waals surface area contributed by atoms with Crippen molar-refractivity contribution in [3.05, 3.63) is 25.3 Å². The fourth-order valence-corrected chi connectivity index (χ4v) is 0.611. The maximum atomic E-state index is 10.5. The van der Waals surface area contributed by atoms with Gasteiger partial charge in [0.15, 0.2) is 0 Å². The van der Waals surface area contributed by atoms with Crippen LogP contribution in [0.4, 0.5) is 0 Å². The third-order valence-corrected chi connectivity index (χ3v) is 1.45. The van der Waals surface area contributed by atoms with Crippen LogP contribution in [-0.2, 0) is 9.59 Å². The molecule has 0 bridgehead atoms. The Hall–Kier alpha value is -1.62. The van der Waals surface area contributed by atoms with Gasteiger partial charge in [-0.25, -0.2) is 0 Å². The molecule has 0 radical (unpaired) electrons. The van der Waals surface area contributed by atoms with Crippen molar-refractivity contribution < 1.29 is 14.7 Å². The van der Waals surface area contributed by atoms with Gasteiger partial charge in [0.1, 0.15) is 6.73 Å². The van der Waals surface area contributed by atoms with Gasteiger partial charge in [-0.05, 0) is 18.6 Å². The molecule has 3 N–H and O–H groups in total. The lowest BCUT2D eigenvalue weighted by Gasteiger charge is -1.97. The molecule has 0 fully saturated rings. The molecule has 0 aliphatic rings. The topological polar surface area (TPSA) is 78.4 Å². The predicted octanol–water partition coefficient (Wildman–Crippen LogP) is 0.327. The summed E-state index contributed by atoms with van der Waals surface area (Å²) in [6.45, 7) is 9.00. The van der Waals surface area contributed by atoms with Gasteiger partial charge in [-0.2, -0.15) is 0 Å². The van der Waals surface area contributed by atoms with Crippen molar-refractivity contribution in [3.8, 4) is 0 Å². The summed E-state index contributed by atoms with van der Waals surface area (Å²) >= 11 is 0. The SMILES string of the molecule is C=CC(=O)NCCCC.C=CC(=O)NCO. The van der Waals surface area contributed by atoms with Crippen LogP contribution in [-0.4, -0.2) is 30.2 Å². The average Bonchev–Trinajstić information content (AvgIpc) is 2.30. The Morgan fingerprint density at radius 2 is 1.69 bits per heavy atom. The zero-order valence-corrected chi connectivity index (χ0v) is 9.66. The number of hydrogen-bond donors (Lipinski definition) is 3. The first kappa shape index (κ1) is 16.8. The van der Waals surface area contributed by atoms with Gasteiger partial charge >= 0.3 is 0 Å². The number of unbranched alkanes of at least 4 members (excludes halogenated alkanes) is 1. The van der Waals surface area contributed by atoms with Crippen molar-refractivity contribution >= 4 is 11.8 Å². The Morgan fingerprint density at radius 3 is 2.00 bits per heavy atom. The van der Waals surface area contributed by atoms with Crippen molar-refractivity contribution in [1.82, 2.24) is 10.6 Å². The van der Waals surface area contributed by atoms with Crippen LogP contribution in [0.3, 0.4) is 0 Å². The highest BCUT2D eigenvalue weighted by Crippen LogP contribution is 1.81. The summed E-state index contributed by atoms with van der Waals surface area (Å²) in [5, 5.41) is 12.8. The van der Waals surface area contributed by atoms with Gasteiger partial charge in [-0.1, -0.05) is 26.5 Å². The maximum absolute atomic E-state index is 10.5. The fourth-order valence-electron chi connectivity index (χ4n) is 0.611. The Kier molecular flexibility index (Phi) is 14.0. The molecule has 0 aromatic rings. The predicted molar refractivity (Wildman–Crippen MR) is 63.5 cm³/mol. The van der Waals surface area contributed by atoms with E-state index in [1.54, 1.807) is 0 Å². The monoisotopic (exact) mass is 228 g/mol. The van der Waals surface area contributed by atoms with Crippen LogP contribution >= 0.6 is 0 Å². The van der Waals surface area contributed by atoms with Gasteiger partial charge in [0.05, 0.1) is 0 Å². The van der Waals surface area contributed by atoms with Crippen LogP contribution in [0.25, 0.3) is 0 Å². The number of hydrogen-bond acceptors (Lipinski definition) is 3. The zero-order valence-electron chi connectivity index (χ0n) is 9.66. The molecule has 0 aliphatic carbocycles. The molecule has 0 unspecified atom stereocenters. The van der Waals surface area contributed by atoms with E-state index in [9.17, 15) is 9.59 Å². The number of nitrogens with one attached hydrogen (secondary N) is 2. The average molecular weight is 228 g/mol. The molecule has 0 aliphatic heterocycles. The lowest BCUT2D eigenvalue weighted by Crippen LogP contribution is -2.21. The van der Waals surface area contributed by atoms with E-state index in [0.29, 0.717) is 0 Å². The minimum Gasteiger partial charge on any atom is -0.376 e. The van der Waals surface area contributed by atoms with Gasteiger partial charge < -0.3 is 15.7 Å². The second-order valence-electron chi connectivity index (χ2n) is 2.75. The highest BCUT2D eigenvalue weighted by molar-refractivity contribution is 5.87. The van der Waals surface area contributed by atoms with Crippen LogP contribution in [0, 0.1) is 0 Å². The number of carbonyl (C=O) groups excluding carboxylic acids is 2. The maximum Gasteiger partial charge on any atom is 0.245 e. The van der Waals surface area contributed by atoms with Gasteiger partial charge in [0.25, 0.3) is 0 Å². The second-order valence-corrected chi connectivity index (χ2v) is 2.75. The number of carbonyl (C=O) groups is 2. The first-order valence-corrected chi connectivity index (χ1v) is 5.03. The Balaban J connectivity index is 0. The molecule has 5 heteroatoms. The molecule has 0 saturated carbocycles. The summed E-state index contributed by atoms with van der Waals surface area (Å²) < 4.78 is 0. The number of amides is 2. The van der Waals surface area contributed by atoms with Crippen LogP contribution < -0.4 is 10.6 Å². The normalized spacial score (nSPS) is 8.12. The van der Waals surface area contributed by atoms with E-state index in [2.05, 4.69) is 30.7 Å². The van der Waals surface area contributed by atoms with Crippen LogP contribution in [0.15, 0.2) is 25.3 Å². The molecule has 0 rings (SSSR count). The summed E-state index contributed by atoms with van der Waals surface area (Å²) in [5.41, 5.74) is 0. The van der Waals surface area contributed by atoms with E-state index < -0.39 is 0 Å². The van der Waals surface area contributed by atoms with Gasteiger partial charge in [0, 0.05) is 6.54 Å². The van der Waals surface area contributed by atoms with E-state index >= 15 is 0 Å². The van der Waals surface area contributed by atoms with Crippen molar-refractivity contribution in [2.24, 2.45) is 0 Å². The summed E-state index contributed by atoms with van der Waals surface area (Å²) in [6, 6.07) is 0. The molecule has 0 saturated heterocycles. The number of aliphatic hydroxyl groups is 1. The van der Waals surface area contributed by atoms with Gasteiger partial charge in [0.2, 0.25) is 11.8 Å². The molecule has 5 nitrogen and oxygen atoms in total. The van der Waals surface area contributed by atoms with Crippen molar-refractivity contribution in [2.75, 3.05) is 13.3 Å². The molecular formula is C11H20N2O3. The van der Waals surface area contributed by atoms with Crippen LogP contribution in [0.1, 0.15) is 19.8 Å². The quantitative estimate of drug-likeness (QED) is 0.348. The van der Waals surface area contributed by atoms with Crippen molar-refractivity contribution in [2.45, 2.75) is 19.8 Å². The summed E-state index contributed by atoms with van der Waals surface area (Å²) in [7, 11) is 0. The van der Waals surface area contributed by atoms with E-state index in [1.165, 1.54) is 6.08 Å². The third kappa shape index (κ3) is 14.9. The third-order valence-electron chi connectivity index (χ3n) is 1.45. The summed E-state index contributed by atoms with van der Waals surface area (Å²) in [6.07, 6.45) is 4.53. The van der Waals surface area contributed by atoms with E-state index in [-0.39, 0.29) is 18.5 Å². The van der Waals surface area contributed by atoms with Gasteiger partial charge in [-0.3, -0.25) is 9.59 Å². The number of rotatable bonds is 6. The van der Waals surface area contributed by atoms with Crippen molar-refractivity contribution in [1.29, 1.82) is 0 Å².